The normalized spacial score (nSPS) is 10.1. The van der Waals surface area contributed by atoms with E-state index in [0.717, 1.165) is 16.5 Å². The van der Waals surface area contributed by atoms with E-state index in [-0.39, 0.29) is 12.6 Å². The molecule has 122 valence electrons. The van der Waals surface area contributed by atoms with Crippen molar-refractivity contribution in [2.24, 2.45) is 0 Å². The third-order valence-electron chi connectivity index (χ3n) is 2.77. The van der Waals surface area contributed by atoms with Crippen molar-refractivity contribution in [3.8, 4) is 11.5 Å². The maximum atomic E-state index is 12.1. The predicted molar refractivity (Wildman–Crippen MR) is 103 cm³/mol. The first-order valence-corrected chi connectivity index (χ1v) is 12.0. The highest BCUT2D eigenvalue weighted by Crippen LogP contribution is 2.12. The van der Waals surface area contributed by atoms with Crippen LogP contribution in [0.3, 0.4) is 0 Å². The van der Waals surface area contributed by atoms with Crippen molar-refractivity contribution < 1.29 is 9.53 Å². The Morgan fingerprint density at radius 1 is 1.26 bits per heavy atom. The van der Waals surface area contributed by atoms with Crippen LogP contribution in [0.15, 0.2) is 40.0 Å². The zero-order valence-corrected chi connectivity index (χ0v) is 16.8. The van der Waals surface area contributed by atoms with Gasteiger partial charge in [0.2, 0.25) is 0 Å². The minimum atomic E-state index is -1.42. The van der Waals surface area contributed by atoms with Crippen molar-refractivity contribution in [2.45, 2.75) is 39.4 Å². The number of carbonyl (C=O) groups is 1. The number of hydrogen-bond donors (Lipinski definition) is 0. The molecule has 0 amide bonds. The Hall–Kier alpha value is -1.53. The summed E-state index contributed by atoms with van der Waals surface area (Å²) in [5.74, 6) is 2.62. The van der Waals surface area contributed by atoms with Crippen LogP contribution < -0.4 is 0 Å². The van der Waals surface area contributed by atoms with E-state index in [1.165, 1.54) is 0 Å². The Bertz CT molecular complexity index is 651. The van der Waals surface area contributed by atoms with Crippen molar-refractivity contribution in [3.05, 3.63) is 45.6 Å². The number of halogens is 1. The topological polar surface area (TPSA) is 26.3 Å². The zero-order valence-electron chi connectivity index (χ0n) is 14.2. The van der Waals surface area contributed by atoms with Gasteiger partial charge in [-0.25, -0.2) is 4.79 Å². The molecular formula is C19H23BrO2Si. The van der Waals surface area contributed by atoms with E-state index in [2.05, 4.69) is 52.8 Å². The van der Waals surface area contributed by atoms with Gasteiger partial charge in [0.15, 0.2) is 6.61 Å². The zero-order chi connectivity index (χ0) is 17.3. The van der Waals surface area contributed by atoms with Crippen molar-refractivity contribution in [1.82, 2.24) is 0 Å². The lowest BCUT2D eigenvalue weighted by Gasteiger charge is -2.05. The third-order valence-corrected chi connectivity index (χ3v) is 4.22. The van der Waals surface area contributed by atoms with Gasteiger partial charge in [0.1, 0.15) is 8.07 Å². The Morgan fingerprint density at radius 3 is 2.48 bits per heavy atom. The lowest BCUT2D eigenvalue weighted by Crippen LogP contribution is -2.17. The molecule has 4 heteroatoms. The molecule has 0 fully saturated rings. The van der Waals surface area contributed by atoms with Crippen LogP contribution >= 0.6 is 15.9 Å². The average Bonchev–Trinajstić information content (AvgIpc) is 2.48. The maximum Gasteiger partial charge on any atom is 0.342 e. The van der Waals surface area contributed by atoms with Crippen LogP contribution in [0.25, 0.3) is 6.08 Å². The molecule has 0 aromatic heterocycles. The van der Waals surface area contributed by atoms with Crippen LogP contribution in [0.1, 0.15) is 25.3 Å². The molecule has 0 aliphatic heterocycles. The van der Waals surface area contributed by atoms with Crippen LogP contribution in [0.4, 0.5) is 0 Å². The van der Waals surface area contributed by atoms with Crippen LogP contribution in [0, 0.1) is 11.5 Å². The molecule has 0 spiro atoms. The molecule has 0 aliphatic rings. The summed E-state index contributed by atoms with van der Waals surface area (Å²) < 4.78 is 6.26. The lowest BCUT2D eigenvalue weighted by atomic mass is 10.1. The molecule has 0 radical (unpaired) electrons. The fourth-order valence-electron chi connectivity index (χ4n) is 1.70. The Balaban J connectivity index is 2.79. The minimum absolute atomic E-state index is 0.149. The van der Waals surface area contributed by atoms with Gasteiger partial charge in [0.25, 0.3) is 0 Å². The highest BCUT2D eigenvalue weighted by Gasteiger charge is 2.10. The fraction of sp³-hybridized carbons (Fsp3) is 0.368. The van der Waals surface area contributed by atoms with Crippen molar-refractivity contribution in [1.29, 1.82) is 0 Å². The van der Waals surface area contributed by atoms with E-state index in [0.29, 0.717) is 12.0 Å². The first-order chi connectivity index (χ1) is 10.8. The highest BCUT2D eigenvalue weighted by molar-refractivity contribution is 9.10. The summed E-state index contributed by atoms with van der Waals surface area (Å²) in [6, 6.07) is 7.84. The Labute approximate surface area is 148 Å². The molecule has 0 aliphatic carbocycles. The molecule has 1 aromatic carbocycles. The number of benzene rings is 1. The van der Waals surface area contributed by atoms with Gasteiger partial charge in [-0.3, -0.25) is 0 Å². The largest absolute Gasteiger partial charge is 0.449 e. The molecule has 0 N–H and O–H groups in total. The molecule has 0 bridgehead atoms. The molecule has 1 aromatic rings. The number of esters is 1. The summed E-state index contributed by atoms with van der Waals surface area (Å²) in [6.07, 6.45) is 3.33. The predicted octanol–water partition coefficient (Wildman–Crippen LogP) is 5.21. The molecule has 23 heavy (non-hydrogen) atoms. The number of carbonyl (C=O) groups excluding carboxylic acids is 1. The average molecular weight is 391 g/mol. The van der Waals surface area contributed by atoms with Gasteiger partial charge < -0.3 is 4.74 Å². The van der Waals surface area contributed by atoms with Gasteiger partial charge in [-0.2, -0.15) is 0 Å². The van der Waals surface area contributed by atoms with E-state index in [9.17, 15) is 4.79 Å². The fourth-order valence-corrected chi connectivity index (χ4v) is 2.57. The first-order valence-electron chi connectivity index (χ1n) is 7.70. The van der Waals surface area contributed by atoms with Crippen molar-refractivity contribution >= 4 is 36.0 Å². The molecule has 0 atom stereocenters. The smallest absolute Gasteiger partial charge is 0.342 e. The Kier molecular flexibility index (Phi) is 8.12. The monoisotopic (exact) mass is 390 g/mol. The second kappa shape index (κ2) is 9.57. The molecule has 2 nitrogen and oxygen atoms in total. The summed E-state index contributed by atoms with van der Waals surface area (Å²) in [5, 5.41) is 0. The van der Waals surface area contributed by atoms with E-state index >= 15 is 0 Å². The summed E-state index contributed by atoms with van der Waals surface area (Å²) in [5.41, 5.74) is 7.81. The van der Waals surface area contributed by atoms with Gasteiger partial charge in [-0.05, 0) is 30.2 Å². The summed E-state index contributed by atoms with van der Waals surface area (Å²) in [6.45, 7) is 8.65. The van der Waals surface area contributed by atoms with Crippen LogP contribution in [-0.4, -0.2) is 20.7 Å². The first kappa shape index (κ1) is 19.5. The van der Waals surface area contributed by atoms with Crippen LogP contribution in [0.5, 0.6) is 0 Å². The van der Waals surface area contributed by atoms with Gasteiger partial charge in [-0.1, -0.05) is 67.0 Å². The molecule has 0 saturated carbocycles. The summed E-state index contributed by atoms with van der Waals surface area (Å²) in [7, 11) is -1.42. The number of ether oxygens (including phenoxy) is 1. The number of rotatable bonds is 5. The van der Waals surface area contributed by atoms with Gasteiger partial charge >= 0.3 is 5.97 Å². The molecule has 0 unspecified atom stereocenters. The van der Waals surface area contributed by atoms with Gasteiger partial charge in [-0.15, -0.1) is 11.3 Å². The maximum absolute atomic E-state index is 12.1. The van der Waals surface area contributed by atoms with E-state index in [1.54, 1.807) is 0 Å². The minimum Gasteiger partial charge on any atom is -0.449 e. The SMILES string of the molecule is CCCC(=C=Cc1ccc(Br)cc1)C(=O)OCC#C[Si](C)(C)C. The van der Waals surface area contributed by atoms with Crippen LogP contribution in [0.2, 0.25) is 19.6 Å². The summed E-state index contributed by atoms with van der Waals surface area (Å²) in [4.78, 5) is 12.1. The third kappa shape index (κ3) is 8.61. The molecule has 0 heterocycles. The number of hydrogen-bond acceptors (Lipinski definition) is 2. The van der Waals surface area contributed by atoms with E-state index in [1.807, 2.05) is 37.3 Å². The standard InChI is InChI=1S/C19H23BrO2Si/c1-5-7-17(11-8-16-9-12-18(20)13-10-16)19(21)22-14-6-15-23(2,3)4/h8-10,12-13H,5,7,14H2,1-4H3. The Morgan fingerprint density at radius 2 is 1.91 bits per heavy atom. The second-order valence-corrected chi connectivity index (χ2v) is 11.9. The molecular weight excluding hydrogens is 368 g/mol. The molecule has 0 saturated heterocycles. The lowest BCUT2D eigenvalue weighted by molar-refractivity contribution is -0.137. The van der Waals surface area contributed by atoms with Crippen molar-refractivity contribution in [2.75, 3.05) is 6.61 Å². The highest BCUT2D eigenvalue weighted by atomic mass is 79.9. The second-order valence-electron chi connectivity index (χ2n) is 6.20. The van der Waals surface area contributed by atoms with E-state index < -0.39 is 8.07 Å². The van der Waals surface area contributed by atoms with Crippen molar-refractivity contribution in [3.63, 3.8) is 0 Å². The molecule has 1 rings (SSSR count). The quantitative estimate of drug-likeness (QED) is 0.226. The summed E-state index contributed by atoms with van der Waals surface area (Å²) >= 11 is 3.40. The van der Waals surface area contributed by atoms with E-state index in [4.69, 9.17) is 4.74 Å². The van der Waals surface area contributed by atoms with Gasteiger partial charge in [0, 0.05) is 4.47 Å². The van der Waals surface area contributed by atoms with Gasteiger partial charge in [0.05, 0.1) is 5.57 Å². The van der Waals surface area contributed by atoms with Crippen LogP contribution in [-0.2, 0) is 9.53 Å².